The first-order valence-corrected chi connectivity index (χ1v) is 9.20. The number of nitrogens with zero attached hydrogens (tertiary/aromatic N) is 2. The van der Waals surface area contributed by atoms with Gasteiger partial charge in [0.05, 0.1) is 18.8 Å². The normalized spacial score (nSPS) is 19.9. The number of hydrogen-bond acceptors (Lipinski definition) is 4. The van der Waals surface area contributed by atoms with Gasteiger partial charge in [-0.05, 0) is 18.9 Å². The molecule has 1 aromatic rings. The molecule has 0 spiro atoms. The van der Waals surface area contributed by atoms with Gasteiger partial charge in [-0.3, -0.25) is 4.79 Å². The molecule has 0 bridgehead atoms. The minimum Gasteiger partial charge on any atom is -0.473 e. The van der Waals surface area contributed by atoms with Crippen molar-refractivity contribution in [2.75, 3.05) is 20.3 Å². The lowest BCUT2D eigenvalue weighted by Gasteiger charge is -2.31. The molecule has 5 nitrogen and oxygen atoms in total. The van der Waals surface area contributed by atoms with Gasteiger partial charge < -0.3 is 14.4 Å². The largest absolute Gasteiger partial charge is 0.473 e. The zero-order valence-electron chi connectivity index (χ0n) is 14.2. The number of rotatable bonds is 4. The highest BCUT2D eigenvalue weighted by Crippen LogP contribution is 2.27. The molecule has 1 amide bonds. The molecule has 1 saturated heterocycles. The highest BCUT2D eigenvalue weighted by atomic mass is 35.5. The molecule has 0 unspecified atom stereocenters. The summed E-state index contributed by atoms with van der Waals surface area (Å²) in [6.07, 6.45) is 9.13. The van der Waals surface area contributed by atoms with Crippen molar-refractivity contribution in [2.24, 2.45) is 0 Å². The van der Waals surface area contributed by atoms with Gasteiger partial charge in [-0.15, -0.1) is 0 Å². The van der Waals surface area contributed by atoms with Crippen LogP contribution >= 0.6 is 11.6 Å². The van der Waals surface area contributed by atoms with Crippen LogP contribution in [0.25, 0.3) is 0 Å². The first-order valence-electron chi connectivity index (χ1n) is 8.82. The monoisotopic (exact) mass is 352 g/mol. The highest BCUT2D eigenvalue weighted by Gasteiger charge is 2.24. The lowest BCUT2D eigenvalue weighted by Crippen LogP contribution is -2.38. The number of aromatic nitrogens is 1. The third-order valence-electron chi connectivity index (χ3n) is 4.94. The zero-order chi connectivity index (χ0) is 16.9. The topological polar surface area (TPSA) is 51.7 Å². The second-order valence-corrected chi connectivity index (χ2v) is 7.06. The summed E-state index contributed by atoms with van der Waals surface area (Å²) >= 11 is 6.29. The van der Waals surface area contributed by atoms with Crippen LogP contribution in [0, 0.1) is 0 Å². The van der Waals surface area contributed by atoms with E-state index in [1.165, 1.54) is 19.3 Å². The van der Waals surface area contributed by atoms with E-state index in [1.54, 1.807) is 12.3 Å². The van der Waals surface area contributed by atoms with Crippen LogP contribution in [-0.4, -0.2) is 48.2 Å². The number of carbonyl (C=O) groups is 1. The lowest BCUT2D eigenvalue weighted by atomic mass is 9.94. The Morgan fingerprint density at radius 3 is 2.62 bits per heavy atom. The number of pyridine rings is 1. The summed E-state index contributed by atoms with van der Waals surface area (Å²) in [5, 5.41) is 0.393. The molecule has 24 heavy (non-hydrogen) atoms. The number of hydrogen-bond donors (Lipinski definition) is 0. The molecule has 0 atom stereocenters. The average molecular weight is 353 g/mol. The van der Waals surface area contributed by atoms with Gasteiger partial charge in [0.1, 0.15) is 11.1 Å². The summed E-state index contributed by atoms with van der Waals surface area (Å²) in [7, 11) is 1.87. The van der Waals surface area contributed by atoms with Crippen LogP contribution < -0.4 is 4.74 Å². The van der Waals surface area contributed by atoms with Crippen molar-refractivity contribution in [3.63, 3.8) is 0 Å². The van der Waals surface area contributed by atoms with E-state index in [1.807, 2.05) is 11.9 Å². The van der Waals surface area contributed by atoms with Gasteiger partial charge in [0, 0.05) is 32.1 Å². The van der Waals surface area contributed by atoms with Gasteiger partial charge in [0.15, 0.2) is 0 Å². The molecular weight excluding hydrogens is 328 g/mol. The standard InChI is InChI=1S/C18H25ClN2O3/c1-21(14-5-3-2-4-6-14)18(22)13-11-16(19)17(20-12-13)24-15-7-9-23-10-8-15/h11-12,14-15H,2-10H2,1H3. The summed E-state index contributed by atoms with van der Waals surface area (Å²) in [4.78, 5) is 18.8. The van der Waals surface area contributed by atoms with Crippen LogP contribution in [0.3, 0.4) is 0 Å². The van der Waals surface area contributed by atoms with Crippen LogP contribution in [0.5, 0.6) is 5.88 Å². The van der Waals surface area contributed by atoms with Crippen molar-refractivity contribution >= 4 is 17.5 Å². The van der Waals surface area contributed by atoms with Gasteiger partial charge in [-0.1, -0.05) is 30.9 Å². The van der Waals surface area contributed by atoms with Gasteiger partial charge >= 0.3 is 0 Å². The molecule has 132 valence electrons. The van der Waals surface area contributed by atoms with Crippen LogP contribution in [0.15, 0.2) is 12.3 Å². The molecule has 3 rings (SSSR count). The number of carbonyl (C=O) groups excluding carboxylic acids is 1. The van der Waals surface area contributed by atoms with E-state index in [2.05, 4.69) is 4.98 Å². The summed E-state index contributed by atoms with van der Waals surface area (Å²) in [5.74, 6) is 0.384. The minimum absolute atomic E-state index is 0.0195. The van der Waals surface area contributed by atoms with E-state index < -0.39 is 0 Å². The van der Waals surface area contributed by atoms with Crippen LogP contribution in [-0.2, 0) is 4.74 Å². The summed E-state index contributed by atoms with van der Waals surface area (Å²) in [6, 6.07) is 1.99. The summed E-state index contributed by atoms with van der Waals surface area (Å²) in [6.45, 7) is 1.40. The molecular formula is C18H25ClN2O3. The molecule has 6 heteroatoms. The van der Waals surface area contributed by atoms with Crippen molar-refractivity contribution in [2.45, 2.75) is 57.1 Å². The Balaban J connectivity index is 1.65. The van der Waals surface area contributed by atoms with E-state index >= 15 is 0 Å². The zero-order valence-corrected chi connectivity index (χ0v) is 14.9. The molecule has 2 heterocycles. The van der Waals surface area contributed by atoms with Crippen molar-refractivity contribution < 1.29 is 14.3 Å². The maximum absolute atomic E-state index is 12.7. The van der Waals surface area contributed by atoms with E-state index in [-0.39, 0.29) is 12.0 Å². The fourth-order valence-electron chi connectivity index (χ4n) is 3.42. The Morgan fingerprint density at radius 2 is 1.96 bits per heavy atom. The van der Waals surface area contributed by atoms with Crippen molar-refractivity contribution in [1.29, 1.82) is 0 Å². The maximum atomic E-state index is 12.7. The van der Waals surface area contributed by atoms with E-state index in [0.29, 0.717) is 35.7 Å². The van der Waals surface area contributed by atoms with E-state index in [0.717, 1.165) is 25.7 Å². The summed E-state index contributed by atoms with van der Waals surface area (Å²) in [5.41, 5.74) is 0.521. The van der Waals surface area contributed by atoms with Gasteiger partial charge in [-0.25, -0.2) is 4.98 Å². The molecule has 2 fully saturated rings. The SMILES string of the molecule is CN(C(=O)c1cnc(OC2CCOCC2)c(Cl)c1)C1CCCCC1. The number of halogens is 1. The van der Waals surface area contributed by atoms with Crippen LogP contribution in [0.1, 0.15) is 55.3 Å². The molecule has 0 N–H and O–H groups in total. The molecule has 0 aromatic carbocycles. The van der Waals surface area contributed by atoms with E-state index in [9.17, 15) is 4.79 Å². The third kappa shape index (κ3) is 4.19. The lowest BCUT2D eigenvalue weighted by molar-refractivity contribution is 0.0238. The second-order valence-electron chi connectivity index (χ2n) is 6.65. The van der Waals surface area contributed by atoms with Gasteiger partial charge in [0.2, 0.25) is 5.88 Å². The molecule has 1 saturated carbocycles. The number of ether oxygens (including phenoxy) is 2. The Kier molecular flexibility index (Phi) is 5.95. The molecule has 1 aromatic heterocycles. The Hall–Kier alpha value is -1.33. The third-order valence-corrected chi connectivity index (χ3v) is 5.21. The average Bonchev–Trinajstić information content (AvgIpc) is 2.64. The fraction of sp³-hybridized carbons (Fsp3) is 0.667. The van der Waals surface area contributed by atoms with Crippen LogP contribution in [0.2, 0.25) is 5.02 Å². The second kappa shape index (κ2) is 8.17. The van der Waals surface area contributed by atoms with Crippen molar-refractivity contribution in [1.82, 2.24) is 9.88 Å². The summed E-state index contributed by atoms with van der Waals surface area (Å²) < 4.78 is 11.2. The number of amides is 1. The van der Waals surface area contributed by atoms with Crippen LogP contribution in [0.4, 0.5) is 0 Å². The Bertz CT molecular complexity index is 569. The molecule has 1 aliphatic heterocycles. The molecule has 1 aliphatic carbocycles. The predicted molar refractivity (Wildman–Crippen MR) is 92.7 cm³/mol. The maximum Gasteiger partial charge on any atom is 0.255 e. The molecule has 2 aliphatic rings. The molecule has 0 radical (unpaired) electrons. The first-order chi connectivity index (χ1) is 11.6. The smallest absolute Gasteiger partial charge is 0.255 e. The van der Waals surface area contributed by atoms with Crippen molar-refractivity contribution in [3.05, 3.63) is 22.8 Å². The van der Waals surface area contributed by atoms with E-state index in [4.69, 9.17) is 21.1 Å². The Morgan fingerprint density at radius 1 is 1.25 bits per heavy atom. The minimum atomic E-state index is -0.0195. The van der Waals surface area contributed by atoms with Gasteiger partial charge in [0.25, 0.3) is 5.91 Å². The highest BCUT2D eigenvalue weighted by molar-refractivity contribution is 6.32. The quantitative estimate of drug-likeness (QED) is 0.829. The van der Waals surface area contributed by atoms with Gasteiger partial charge in [-0.2, -0.15) is 0 Å². The Labute approximate surface area is 148 Å². The fourth-order valence-corrected chi connectivity index (χ4v) is 3.63. The van der Waals surface area contributed by atoms with Crippen molar-refractivity contribution in [3.8, 4) is 5.88 Å². The first kappa shape index (κ1) is 17.5. The predicted octanol–water partition coefficient (Wildman–Crippen LogP) is 3.70.